The maximum absolute atomic E-state index is 12.3. The summed E-state index contributed by atoms with van der Waals surface area (Å²) in [5, 5.41) is 0. The number of carbonyl (C=O) groups is 1. The van der Waals surface area contributed by atoms with Gasteiger partial charge in [0, 0.05) is 18.8 Å². The molecular weight excluding hydrogens is 248 g/mol. The summed E-state index contributed by atoms with van der Waals surface area (Å²) in [6, 6.07) is 7.32. The van der Waals surface area contributed by atoms with E-state index in [4.69, 9.17) is 5.73 Å². The number of anilines is 1. The van der Waals surface area contributed by atoms with Gasteiger partial charge < -0.3 is 10.6 Å². The molecule has 1 saturated carbocycles. The number of halogens is 1. The first-order valence-electron chi connectivity index (χ1n) is 6.15. The van der Waals surface area contributed by atoms with Crippen molar-refractivity contribution in [2.45, 2.75) is 13.8 Å². The van der Waals surface area contributed by atoms with Gasteiger partial charge in [-0.2, -0.15) is 0 Å². The fourth-order valence-electron chi connectivity index (χ4n) is 3.16. The second-order valence-corrected chi connectivity index (χ2v) is 5.83. The number of hydrogen-bond donors (Lipinski definition) is 1. The zero-order valence-electron chi connectivity index (χ0n) is 10.7. The minimum absolute atomic E-state index is 0. The zero-order valence-corrected chi connectivity index (χ0v) is 11.5. The first-order chi connectivity index (χ1) is 8.01. The monoisotopic (exact) mass is 266 g/mol. The molecule has 2 fully saturated rings. The molecule has 0 bridgehead atoms. The highest BCUT2D eigenvalue weighted by Crippen LogP contribution is 2.62. The summed E-state index contributed by atoms with van der Waals surface area (Å²) in [6.07, 6.45) is 0. The van der Waals surface area contributed by atoms with Gasteiger partial charge in [0.2, 0.25) is 0 Å². The van der Waals surface area contributed by atoms with Crippen LogP contribution in [0.25, 0.3) is 0 Å². The van der Waals surface area contributed by atoms with Crippen molar-refractivity contribution < 1.29 is 4.79 Å². The Morgan fingerprint density at radius 3 is 2.39 bits per heavy atom. The molecule has 2 atom stereocenters. The number of nitrogens with zero attached hydrogens (tertiary/aromatic N) is 1. The maximum Gasteiger partial charge on any atom is 0.255 e. The molecule has 2 unspecified atom stereocenters. The molecule has 18 heavy (non-hydrogen) atoms. The Balaban J connectivity index is 0.00000120. The molecule has 2 N–H and O–H groups in total. The van der Waals surface area contributed by atoms with E-state index in [0.717, 1.165) is 13.1 Å². The van der Waals surface area contributed by atoms with E-state index < -0.39 is 0 Å². The van der Waals surface area contributed by atoms with Crippen molar-refractivity contribution in [3.05, 3.63) is 29.8 Å². The molecule has 0 radical (unpaired) electrons. The van der Waals surface area contributed by atoms with Crippen LogP contribution in [-0.4, -0.2) is 23.9 Å². The molecule has 1 aromatic carbocycles. The molecule has 98 valence electrons. The van der Waals surface area contributed by atoms with Gasteiger partial charge in [-0.1, -0.05) is 26.0 Å². The molecule has 1 saturated heterocycles. The van der Waals surface area contributed by atoms with Crippen molar-refractivity contribution in [1.82, 2.24) is 4.90 Å². The normalized spacial score (nSPS) is 27.3. The number of benzene rings is 1. The molecular formula is C14H19ClN2O. The third-order valence-corrected chi connectivity index (χ3v) is 4.60. The molecule has 1 aliphatic heterocycles. The summed E-state index contributed by atoms with van der Waals surface area (Å²) >= 11 is 0. The summed E-state index contributed by atoms with van der Waals surface area (Å²) in [6.45, 7) is 6.37. The number of amides is 1. The van der Waals surface area contributed by atoms with Crippen LogP contribution in [0.5, 0.6) is 0 Å². The molecule has 3 rings (SSSR count). The fraction of sp³-hybridized carbons (Fsp3) is 0.500. The van der Waals surface area contributed by atoms with E-state index in [1.165, 1.54) is 0 Å². The molecule has 3 nitrogen and oxygen atoms in total. The smallest absolute Gasteiger partial charge is 0.255 e. The van der Waals surface area contributed by atoms with Crippen molar-refractivity contribution in [2.75, 3.05) is 18.8 Å². The lowest BCUT2D eigenvalue weighted by molar-refractivity contribution is 0.0759. The average Bonchev–Trinajstić information content (AvgIpc) is 2.70. The Bertz CT molecular complexity index is 472. The molecule has 1 aliphatic carbocycles. The second-order valence-electron chi connectivity index (χ2n) is 5.83. The van der Waals surface area contributed by atoms with Crippen LogP contribution in [0.15, 0.2) is 24.3 Å². The van der Waals surface area contributed by atoms with E-state index in [0.29, 0.717) is 28.5 Å². The third kappa shape index (κ3) is 1.77. The van der Waals surface area contributed by atoms with Crippen molar-refractivity contribution in [3.63, 3.8) is 0 Å². The number of rotatable bonds is 1. The van der Waals surface area contributed by atoms with Gasteiger partial charge in [0.25, 0.3) is 5.91 Å². The number of hydrogen-bond acceptors (Lipinski definition) is 2. The third-order valence-electron chi connectivity index (χ3n) is 4.60. The molecule has 1 heterocycles. The van der Waals surface area contributed by atoms with Crippen molar-refractivity contribution in [3.8, 4) is 0 Å². The van der Waals surface area contributed by atoms with Crippen LogP contribution in [0.1, 0.15) is 24.2 Å². The van der Waals surface area contributed by atoms with E-state index in [-0.39, 0.29) is 18.3 Å². The number of fused-ring (bicyclic) bond motifs is 1. The maximum atomic E-state index is 12.3. The van der Waals surface area contributed by atoms with Crippen LogP contribution in [0, 0.1) is 17.3 Å². The van der Waals surface area contributed by atoms with Gasteiger partial charge in [-0.15, -0.1) is 12.4 Å². The van der Waals surface area contributed by atoms with Crippen LogP contribution in [-0.2, 0) is 0 Å². The molecule has 0 aromatic heterocycles. The molecule has 1 amide bonds. The summed E-state index contributed by atoms with van der Waals surface area (Å²) < 4.78 is 0. The highest BCUT2D eigenvalue weighted by Gasteiger charge is 2.62. The molecule has 0 spiro atoms. The predicted octanol–water partition coefficient (Wildman–Crippen LogP) is 2.42. The predicted molar refractivity (Wildman–Crippen MR) is 74.8 cm³/mol. The zero-order chi connectivity index (χ0) is 12.2. The Kier molecular flexibility index (Phi) is 3.06. The number of carbonyl (C=O) groups excluding carboxylic acids is 1. The number of likely N-dealkylation sites (tertiary alicyclic amines) is 1. The number of para-hydroxylation sites is 1. The van der Waals surface area contributed by atoms with Gasteiger partial charge in [0.05, 0.1) is 5.56 Å². The summed E-state index contributed by atoms with van der Waals surface area (Å²) in [5.41, 5.74) is 7.51. The number of nitrogen functional groups attached to an aromatic ring is 1. The Morgan fingerprint density at radius 2 is 1.83 bits per heavy atom. The quantitative estimate of drug-likeness (QED) is 0.794. The average molecular weight is 267 g/mol. The standard InChI is InChI=1S/C14H18N2O.ClH/c1-14(2)10-7-16(8-11(10)14)13(17)9-5-3-4-6-12(9)15;/h3-6,10-11H,7-8,15H2,1-2H3;1H. The van der Waals surface area contributed by atoms with E-state index in [2.05, 4.69) is 13.8 Å². The minimum atomic E-state index is 0. The Hall–Kier alpha value is -1.22. The minimum Gasteiger partial charge on any atom is -0.398 e. The lowest BCUT2D eigenvalue weighted by Crippen LogP contribution is -2.33. The van der Waals surface area contributed by atoms with Gasteiger partial charge in [-0.05, 0) is 29.4 Å². The number of nitrogens with two attached hydrogens (primary N) is 1. The van der Waals surface area contributed by atoms with Gasteiger partial charge in [-0.25, -0.2) is 0 Å². The van der Waals surface area contributed by atoms with E-state index in [1.807, 2.05) is 23.1 Å². The second kappa shape index (κ2) is 4.16. The highest BCUT2D eigenvalue weighted by molar-refractivity contribution is 5.99. The summed E-state index contributed by atoms with van der Waals surface area (Å²) in [5.74, 6) is 1.47. The van der Waals surface area contributed by atoms with Crippen LogP contribution in [0.3, 0.4) is 0 Å². The van der Waals surface area contributed by atoms with Crippen LogP contribution >= 0.6 is 12.4 Å². The van der Waals surface area contributed by atoms with Crippen molar-refractivity contribution >= 4 is 24.0 Å². The van der Waals surface area contributed by atoms with E-state index in [9.17, 15) is 4.79 Å². The first-order valence-corrected chi connectivity index (χ1v) is 6.15. The fourth-order valence-corrected chi connectivity index (χ4v) is 3.16. The Labute approximate surface area is 114 Å². The largest absolute Gasteiger partial charge is 0.398 e. The molecule has 1 aromatic rings. The molecule has 4 heteroatoms. The van der Waals surface area contributed by atoms with Gasteiger partial charge in [0.15, 0.2) is 0 Å². The van der Waals surface area contributed by atoms with Crippen molar-refractivity contribution in [1.29, 1.82) is 0 Å². The summed E-state index contributed by atoms with van der Waals surface area (Å²) in [4.78, 5) is 14.2. The first kappa shape index (κ1) is 13.2. The number of piperidine rings is 1. The van der Waals surface area contributed by atoms with E-state index in [1.54, 1.807) is 6.07 Å². The SMILES string of the molecule is CC1(C)C2CN(C(=O)c3ccccc3N)CC21.Cl. The summed E-state index contributed by atoms with van der Waals surface area (Å²) in [7, 11) is 0. The van der Waals surface area contributed by atoms with Crippen molar-refractivity contribution in [2.24, 2.45) is 17.3 Å². The molecule has 2 aliphatic rings. The van der Waals surface area contributed by atoms with Gasteiger partial charge >= 0.3 is 0 Å². The van der Waals surface area contributed by atoms with Crippen LogP contribution in [0.2, 0.25) is 0 Å². The highest BCUT2D eigenvalue weighted by atomic mass is 35.5. The van der Waals surface area contributed by atoms with E-state index >= 15 is 0 Å². The lowest BCUT2D eigenvalue weighted by atomic mass is 10.1. The topological polar surface area (TPSA) is 46.3 Å². The lowest BCUT2D eigenvalue weighted by Gasteiger charge is -2.22. The van der Waals surface area contributed by atoms with Crippen LogP contribution in [0.4, 0.5) is 5.69 Å². The Morgan fingerprint density at radius 1 is 1.28 bits per heavy atom. The van der Waals surface area contributed by atoms with Gasteiger partial charge in [0.1, 0.15) is 0 Å². The van der Waals surface area contributed by atoms with Crippen LogP contribution < -0.4 is 5.73 Å². The van der Waals surface area contributed by atoms with Gasteiger partial charge in [-0.3, -0.25) is 4.79 Å².